The first-order valence-electron chi connectivity index (χ1n) is 15.8. The first-order valence-corrected chi connectivity index (χ1v) is 15.8. The highest BCUT2D eigenvalue weighted by atomic mass is 16.5. The summed E-state index contributed by atoms with van der Waals surface area (Å²) in [5.41, 5.74) is 1.38. The van der Waals surface area contributed by atoms with Crippen LogP contribution in [0.25, 0.3) is 11.0 Å². The average Bonchev–Trinajstić information content (AvgIpc) is 3.07. The molecule has 4 rings (SSSR count). The van der Waals surface area contributed by atoms with Gasteiger partial charge in [0.15, 0.2) is 11.6 Å². The van der Waals surface area contributed by atoms with E-state index in [4.69, 9.17) is 43.6 Å². The highest BCUT2D eigenvalue weighted by molar-refractivity contribution is 5.95. The second-order valence-electron chi connectivity index (χ2n) is 11.3. The van der Waals surface area contributed by atoms with Crippen LogP contribution in [0.4, 0.5) is 23.5 Å². The van der Waals surface area contributed by atoms with Crippen LogP contribution in [0.15, 0.2) is 0 Å². The molecular weight excluding hydrogens is 582 g/mol. The van der Waals surface area contributed by atoms with Crippen LogP contribution in [0.3, 0.4) is 0 Å². The number of anilines is 4. The smallest absolute Gasteiger partial charge is 0.228 e. The molecular formula is C30H51N9O6. The van der Waals surface area contributed by atoms with Crippen LogP contribution in [0.5, 0.6) is 0 Å². The van der Waals surface area contributed by atoms with Crippen LogP contribution >= 0.6 is 0 Å². The van der Waals surface area contributed by atoms with Gasteiger partial charge in [0.05, 0.1) is 32.5 Å². The number of hydrogen-bond acceptors (Lipinski definition) is 14. The van der Waals surface area contributed by atoms with Gasteiger partial charge in [-0.05, 0) is 12.8 Å². The molecule has 0 spiro atoms. The highest BCUT2D eigenvalue weighted by Crippen LogP contribution is 2.34. The number of fused-ring (bicyclic) bond motifs is 1. The summed E-state index contributed by atoms with van der Waals surface area (Å²) in [7, 11) is 8.52. The van der Waals surface area contributed by atoms with Gasteiger partial charge in [-0.15, -0.1) is 0 Å². The number of carbonyl (C=O) groups excluding carboxylic acids is 1. The molecule has 45 heavy (non-hydrogen) atoms. The number of hydrogen-bond donors (Lipinski definition) is 0. The average molecular weight is 634 g/mol. The molecule has 4 heterocycles. The Morgan fingerprint density at radius 2 is 1.04 bits per heavy atom. The van der Waals surface area contributed by atoms with Gasteiger partial charge in [-0.1, -0.05) is 0 Å². The van der Waals surface area contributed by atoms with E-state index in [9.17, 15) is 4.79 Å². The van der Waals surface area contributed by atoms with Gasteiger partial charge >= 0.3 is 0 Å². The SMILES string of the molecule is COCCN(CCOC)c1nc(N2CCN(C(C)=O)CC2)c2nc(N(CCOC)CCOC)nc(N3CCC(OC)CC3)c2n1. The monoisotopic (exact) mass is 633 g/mol. The molecule has 15 heteroatoms. The van der Waals surface area contributed by atoms with Crippen LogP contribution in [0.2, 0.25) is 0 Å². The number of piperidine rings is 1. The molecule has 0 aliphatic carbocycles. The topological polar surface area (TPSA) is 131 Å². The van der Waals surface area contributed by atoms with Crippen LogP contribution in [0, 0.1) is 0 Å². The van der Waals surface area contributed by atoms with E-state index in [1.807, 2.05) is 4.90 Å². The summed E-state index contributed by atoms with van der Waals surface area (Å²) >= 11 is 0. The van der Waals surface area contributed by atoms with Gasteiger partial charge in [-0.25, -0.2) is 9.97 Å². The van der Waals surface area contributed by atoms with Crippen molar-refractivity contribution in [3.05, 3.63) is 0 Å². The Morgan fingerprint density at radius 3 is 1.40 bits per heavy atom. The minimum atomic E-state index is 0.0754. The summed E-state index contributed by atoms with van der Waals surface area (Å²) in [6.07, 6.45) is 1.99. The second kappa shape index (κ2) is 17.5. The minimum absolute atomic E-state index is 0.0754. The molecule has 0 radical (unpaired) electrons. The van der Waals surface area contributed by atoms with Crippen molar-refractivity contribution >= 4 is 40.5 Å². The van der Waals surface area contributed by atoms with Gasteiger partial charge in [0.1, 0.15) is 11.0 Å². The fourth-order valence-electron chi connectivity index (χ4n) is 5.65. The Hall–Kier alpha value is -3.11. The molecule has 2 aliphatic rings. The number of nitrogens with zero attached hydrogens (tertiary/aromatic N) is 9. The maximum Gasteiger partial charge on any atom is 0.228 e. The molecule has 15 nitrogen and oxygen atoms in total. The lowest BCUT2D eigenvalue weighted by Gasteiger charge is -2.36. The van der Waals surface area contributed by atoms with Crippen molar-refractivity contribution in [3.8, 4) is 0 Å². The largest absolute Gasteiger partial charge is 0.383 e. The lowest BCUT2D eigenvalue weighted by molar-refractivity contribution is -0.129. The van der Waals surface area contributed by atoms with Gasteiger partial charge in [0.2, 0.25) is 17.8 Å². The zero-order chi connectivity index (χ0) is 32.2. The number of methoxy groups -OCH3 is 5. The van der Waals surface area contributed by atoms with E-state index < -0.39 is 0 Å². The molecule has 0 atom stereocenters. The molecule has 0 aromatic carbocycles. The normalized spacial score (nSPS) is 16.1. The molecule has 2 aromatic heterocycles. The van der Waals surface area contributed by atoms with E-state index in [1.165, 1.54) is 0 Å². The van der Waals surface area contributed by atoms with Crippen LogP contribution in [-0.2, 0) is 28.5 Å². The van der Waals surface area contributed by atoms with Gasteiger partial charge in [0, 0.05) is 108 Å². The lowest BCUT2D eigenvalue weighted by Crippen LogP contribution is -2.48. The predicted octanol–water partition coefficient (Wildman–Crippen LogP) is 0.902. The maximum absolute atomic E-state index is 12.1. The minimum Gasteiger partial charge on any atom is -0.383 e. The molecule has 0 N–H and O–H groups in total. The van der Waals surface area contributed by atoms with Crippen molar-refractivity contribution in [2.45, 2.75) is 25.9 Å². The Balaban J connectivity index is 1.90. The summed E-state index contributed by atoms with van der Waals surface area (Å²) in [5.74, 6) is 2.73. The number of carbonyl (C=O) groups is 1. The fraction of sp³-hybridized carbons (Fsp3) is 0.767. The molecule has 2 aliphatic heterocycles. The van der Waals surface area contributed by atoms with Gasteiger partial charge in [-0.2, -0.15) is 9.97 Å². The fourth-order valence-corrected chi connectivity index (χ4v) is 5.65. The van der Waals surface area contributed by atoms with E-state index in [2.05, 4.69) is 19.6 Å². The zero-order valence-corrected chi connectivity index (χ0v) is 27.9. The summed E-state index contributed by atoms with van der Waals surface area (Å²) in [5, 5.41) is 0. The Bertz CT molecular complexity index is 1190. The third kappa shape index (κ3) is 9.00. The highest BCUT2D eigenvalue weighted by Gasteiger charge is 2.29. The Labute approximate surface area is 266 Å². The standard InChI is InChI=1S/C30H51N9O6/c1-23(40)35-11-13-37(14-12-35)28-26-25(31-30(34-28)39(17-21-43-4)18-22-44-5)27(36-9-7-24(45-6)8-10-36)33-29(32-26)38(15-19-41-2)16-20-42-3/h24H,7-22H2,1-6H3. The van der Waals surface area contributed by atoms with Crippen molar-refractivity contribution < 1.29 is 28.5 Å². The molecule has 0 unspecified atom stereocenters. The summed E-state index contributed by atoms with van der Waals surface area (Å²) < 4.78 is 27.4. The molecule has 2 fully saturated rings. The predicted molar refractivity (Wildman–Crippen MR) is 174 cm³/mol. The van der Waals surface area contributed by atoms with Crippen molar-refractivity contribution in [1.29, 1.82) is 0 Å². The van der Waals surface area contributed by atoms with E-state index in [0.717, 1.165) is 37.6 Å². The zero-order valence-electron chi connectivity index (χ0n) is 27.9. The quantitative estimate of drug-likeness (QED) is 0.244. The third-order valence-corrected chi connectivity index (χ3v) is 8.41. The van der Waals surface area contributed by atoms with Gasteiger partial charge in [-0.3, -0.25) is 4.79 Å². The number of rotatable bonds is 17. The lowest BCUT2D eigenvalue weighted by atomic mass is 10.1. The Kier molecular flexibility index (Phi) is 13.6. The first-order chi connectivity index (χ1) is 21.9. The summed E-state index contributed by atoms with van der Waals surface area (Å²) in [6, 6.07) is 0. The number of ether oxygens (including phenoxy) is 5. The summed E-state index contributed by atoms with van der Waals surface area (Å²) in [6.45, 7) is 10.1. The van der Waals surface area contributed by atoms with Crippen LogP contribution < -0.4 is 19.6 Å². The van der Waals surface area contributed by atoms with E-state index >= 15 is 0 Å². The summed E-state index contributed by atoms with van der Waals surface area (Å²) in [4.78, 5) is 43.4. The molecule has 1 amide bonds. The van der Waals surface area contributed by atoms with Crippen molar-refractivity contribution in [2.24, 2.45) is 0 Å². The molecule has 0 bridgehead atoms. The number of aromatic nitrogens is 4. The number of amides is 1. The number of piperazine rings is 1. The molecule has 2 aromatic rings. The molecule has 2 saturated heterocycles. The van der Waals surface area contributed by atoms with Crippen molar-refractivity contribution in [3.63, 3.8) is 0 Å². The first kappa shape index (κ1) is 34.8. The maximum atomic E-state index is 12.1. The molecule has 0 saturated carbocycles. The van der Waals surface area contributed by atoms with E-state index in [-0.39, 0.29) is 12.0 Å². The van der Waals surface area contributed by atoms with Crippen molar-refractivity contribution in [2.75, 3.05) is 147 Å². The van der Waals surface area contributed by atoms with E-state index in [0.29, 0.717) is 102 Å². The van der Waals surface area contributed by atoms with Crippen LogP contribution in [0.1, 0.15) is 19.8 Å². The van der Waals surface area contributed by atoms with Gasteiger partial charge < -0.3 is 48.2 Å². The van der Waals surface area contributed by atoms with E-state index in [1.54, 1.807) is 42.5 Å². The third-order valence-electron chi connectivity index (χ3n) is 8.41. The molecule has 252 valence electrons. The van der Waals surface area contributed by atoms with Gasteiger partial charge in [0.25, 0.3) is 0 Å². The van der Waals surface area contributed by atoms with Crippen molar-refractivity contribution in [1.82, 2.24) is 24.8 Å². The second-order valence-corrected chi connectivity index (χ2v) is 11.3. The Morgan fingerprint density at radius 1 is 0.644 bits per heavy atom. The van der Waals surface area contributed by atoms with Crippen LogP contribution in [-0.4, -0.2) is 164 Å².